The van der Waals surface area contributed by atoms with Crippen LogP contribution in [-0.4, -0.2) is 5.78 Å². The molecule has 102 valence electrons. The first-order valence-electron chi connectivity index (χ1n) is 6.75. The van der Waals surface area contributed by atoms with E-state index in [1.165, 1.54) is 24.8 Å². The SMILES string of the molecule is O=C(c1ccc(C2CCC2)cc1)c1ccc(Br)cc1Br. The van der Waals surface area contributed by atoms with Gasteiger partial charge in [-0.2, -0.15) is 0 Å². The molecule has 20 heavy (non-hydrogen) atoms. The van der Waals surface area contributed by atoms with Crippen LogP contribution in [0.1, 0.15) is 46.7 Å². The summed E-state index contributed by atoms with van der Waals surface area (Å²) >= 11 is 6.85. The maximum atomic E-state index is 12.5. The Balaban J connectivity index is 1.86. The highest BCUT2D eigenvalue weighted by molar-refractivity contribution is 9.11. The van der Waals surface area contributed by atoms with E-state index in [2.05, 4.69) is 44.0 Å². The van der Waals surface area contributed by atoms with Gasteiger partial charge in [0.25, 0.3) is 0 Å². The van der Waals surface area contributed by atoms with Gasteiger partial charge < -0.3 is 0 Å². The Kier molecular flexibility index (Phi) is 4.08. The normalized spacial score (nSPS) is 14.9. The van der Waals surface area contributed by atoms with E-state index in [9.17, 15) is 4.79 Å². The van der Waals surface area contributed by atoms with Gasteiger partial charge in [-0.15, -0.1) is 0 Å². The molecule has 0 atom stereocenters. The quantitative estimate of drug-likeness (QED) is 0.610. The minimum Gasteiger partial charge on any atom is -0.289 e. The van der Waals surface area contributed by atoms with Crippen molar-refractivity contribution in [2.24, 2.45) is 0 Å². The molecule has 0 saturated heterocycles. The van der Waals surface area contributed by atoms with E-state index in [1.807, 2.05) is 30.3 Å². The average Bonchev–Trinajstić information content (AvgIpc) is 2.37. The van der Waals surface area contributed by atoms with Crippen molar-refractivity contribution in [3.8, 4) is 0 Å². The second-order valence-corrected chi connectivity index (χ2v) is 6.97. The standard InChI is InChI=1S/C17H14Br2O/c18-14-8-9-15(16(19)10-14)17(20)13-6-4-12(5-7-13)11-2-1-3-11/h4-11H,1-3H2. The monoisotopic (exact) mass is 392 g/mol. The summed E-state index contributed by atoms with van der Waals surface area (Å²) in [6.07, 6.45) is 3.90. The van der Waals surface area contributed by atoms with Gasteiger partial charge in [-0.1, -0.05) is 46.6 Å². The zero-order chi connectivity index (χ0) is 14.1. The Morgan fingerprint density at radius 1 is 1.00 bits per heavy atom. The average molecular weight is 394 g/mol. The summed E-state index contributed by atoms with van der Waals surface area (Å²) in [4.78, 5) is 12.5. The van der Waals surface area contributed by atoms with E-state index in [0.29, 0.717) is 11.5 Å². The van der Waals surface area contributed by atoms with Gasteiger partial charge in [0.2, 0.25) is 0 Å². The fourth-order valence-corrected chi connectivity index (χ4v) is 3.70. The van der Waals surface area contributed by atoms with Crippen LogP contribution in [-0.2, 0) is 0 Å². The van der Waals surface area contributed by atoms with Crippen LogP contribution in [0, 0.1) is 0 Å². The first kappa shape index (κ1) is 14.0. The third kappa shape index (κ3) is 2.75. The van der Waals surface area contributed by atoms with Gasteiger partial charge in [0.1, 0.15) is 0 Å². The first-order valence-corrected chi connectivity index (χ1v) is 8.33. The Morgan fingerprint density at radius 3 is 2.25 bits per heavy atom. The van der Waals surface area contributed by atoms with Crippen LogP contribution < -0.4 is 0 Å². The molecule has 0 aromatic heterocycles. The number of rotatable bonds is 3. The molecule has 0 N–H and O–H groups in total. The van der Waals surface area contributed by atoms with Crippen molar-refractivity contribution in [3.63, 3.8) is 0 Å². The van der Waals surface area contributed by atoms with Crippen molar-refractivity contribution in [2.75, 3.05) is 0 Å². The van der Waals surface area contributed by atoms with Crippen molar-refractivity contribution >= 4 is 37.6 Å². The van der Waals surface area contributed by atoms with Crippen LogP contribution in [0.5, 0.6) is 0 Å². The third-order valence-corrected chi connectivity index (χ3v) is 5.07. The van der Waals surface area contributed by atoms with Crippen molar-refractivity contribution in [1.82, 2.24) is 0 Å². The van der Waals surface area contributed by atoms with Crippen LogP contribution in [0.3, 0.4) is 0 Å². The Labute approximate surface area is 135 Å². The lowest BCUT2D eigenvalue weighted by Gasteiger charge is -2.25. The number of carbonyl (C=O) groups excluding carboxylic acids is 1. The van der Waals surface area contributed by atoms with Gasteiger partial charge in [0.15, 0.2) is 5.78 Å². The number of benzene rings is 2. The van der Waals surface area contributed by atoms with Gasteiger partial charge in [0.05, 0.1) is 0 Å². The second-order valence-electron chi connectivity index (χ2n) is 5.20. The van der Waals surface area contributed by atoms with Crippen LogP contribution >= 0.6 is 31.9 Å². The van der Waals surface area contributed by atoms with Crippen molar-refractivity contribution < 1.29 is 4.79 Å². The highest BCUT2D eigenvalue weighted by Gasteiger charge is 2.20. The van der Waals surface area contributed by atoms with Crippen LogP contribution in [0.15, 0.2) is 51.4 Å². The van der Waals surface area contributed by atoms with E-state index in [-0.39, 0.29) is 5.78 Å². The molecule has 1 aliphatic rings. The highest BCUT2D eigenvalue weighted by Crippen LogP contribution is 2.36. The molecule has 0 aliphatic heterocycles. The largest absolute Gasteiger partial charge is 0.289 e. The summed E-state index contributed by atoms with van der Waals surface area (Å²) in [6, 6.07) is 13.7. The summed E-state index contributed by atoms with van der Waals surface area (Å²) in [6.45, 7) is 0. The predicted octanol–water partition coefficient (Wildman–Crippen LogP) is 5.71. The number of halogens is 2. The molecular formula is C17H14Br2O. The van der Waals surface area contributed by atoms with E-state index in [1.54, 1.807) is 0 Å². The predicted molar refractivity (Wildman–Crippen MR) is 88.3 cm³/mol. The second kappa shape index (κ2) is 5.82. The first-order chi connectivity index (χ1) is 9.65. The van der Waals surface area contributed by atoms with E-state index < -0.39 is 0 Å². The van der Waals surface area contributed by atoms with Gasteiger partial charge >= 0.3 is 0 Å². The molecule has 0 heterocycles. The van der Waals surface area contributed by atoms with Crippen molar-refractivity contribution in [3.05, 3.63) is 68.1 Å². The van der Waals surface area contributed by atoms with E-state index in [4.69, 9.17) is 0 Å². The summed E-state index contributed by atoms with van der Waals surface area (Å²) in [5, 5.41) is 0. The van der Waals surface area contributed by atoms with Gasteiger partial charge in [0, 0.05) is 20.1 Å². The zero-order valence-electron chi connectivity index (χ0n) is 10.9. The summed E-state index contributed by atoms with van der Waals surface area (Å²) in [7, 11) is 0. The molecule has 3 heteroatoms. The minimum absolute atomic E-state index is 0.0598. The molecule has 2 aromatic carbocycles. The number of carbonyl (C=O) groups is 1. The minimum atomic E-state index is 0.0598. The molecule has 1 saturated carbocycles. The van der Waals surface area contributed by atoms with Crippen LogP contribution in [0.25, 0.3) is 0 Å². The fraction of sp³-hybridized carbons (Fsp3) is 0.235. The molecule has 3 rings (SSSR count). The van der Waals surface area contributed by atoms with Crippen LogP contribution in [0.2, 0.25) is 0 Å². The number of ketones is 1. The summed E-state index contributed by atoms with van der Waals surface area (Å²) < 4.78 is 1.78. The lowest BCUT2D eigenvalue weighted by Crippen LogP contribution is -2.09. The molecular weight excluding hydrogens is 380 g/mol. The van der Waals surface area contributed by atoms with Crippen molar-refractivity contribution in [1.29, 1.82) is 0 Å². The molecule has 0 spiro atoms. The van der Waals surface area contributed by atoms with E-state index in [0.717, 1.165) is 14.5 Å². The summed E-state index contributed by atoms with van der Waals surface area (Å²) in [5.74, 6) is 0.767. The topological polar surface area (TPSA) is 17.1 Å². The molecule has 1 aliphatic carbocycles. The number of hydrogen-bond donors (Lipinski definition) is 0. The maximum Gasteiger partial charge on any atom is 0.194 e. The molecule has 0 bridgehead atoms. The zero-order valence-corrected chi connectivity index (χ0v) is 14.1. The lowest BCUT2D eigenvalue weighted by molar-refractivity contribution is 0.103. The molecule has 2 aromatic rings. The molecule has 1 nitrogen and oxygen atoms in total. The fourth-order valence-electron chi connectivity index (χ4n) is 2.48. The Bertz CT molecular complexity index is 643. The Morgan fingerprint density at radius 2 is 1.70 bits per heavy atom. The van der Waals surface area contributed by atoms with Crippen LogP contribution in [0.4, 0.5) is 0 Å². The highest BCUT2D eigenvalue weighted by atomic mass is 79.9. The molecule has 0 amide bonds. The maximum absolute atomic E-state index is 12.5. The molecule has 0 radical (unpaired) electrons. The molecule has 0 unspecified atom stereocenters. The smallest absolute Gasteiger partial charge is 0.194 e. The summed E-state index contributed by atoms with van der Waals surface area (Å²) in [5.41, 5.74) is 2.81. The third-order valence-electron chi connectivity index (χ3n) is 3.93. The van der Waals surface area contributed by atoms with E-state index >= 15 is 0 Å². The van der Waals surface area contributed by atoms with Gasteiger partial charge in [-0.05, 0) is 58.5 Å². The number of hydrogen-bond acceptors (Lipinski definition) is 1. The van der Waals surface area contributed by atoms with Crippen molar-refractivity contribution in [2.45, 2.75) is 25.2 Å². The lowest BCUT2D eigenvalue weighted by atomic mass is 9.80. The Hall–Kier alpha value is -0.930. The van der Waals surface area contributed by atoms with Gasteiger partial charge in [-0.25, -0.2) is 0 Å². The molecule has 1 fully saturated rings. The van der Waals surface area contributed by atoms with Gasteiger partial charge in [-0.3, -0.25) is 4.79 Å².